The fraction of sp³-hybridized carbons (Fsp3) is 0.273. The van der Waals surface area contributed by atoms with Gasteiger partial charge in [-0.15, -0.1) is 0 Å². The number of nitrogens with one attached hydrogen (secondary N) is 2. The highest BCUT2D eigenvalue weighted by Crippen LogP contribution is 2.24. The Morgan fingerprint density at radius 2 is 2.03 bits per heavy atom. The lowest BCUT2D eigenvalue weighted by atomic mass is 10.1. The van der Waals surface area contributed by atoms with Crippen LogP contribution in [-0.2, 0) is 11.3 Å². The molecule has 0 saturated carbocycles. The van der Waals surface area contributed by atoms with Crippen molar-refractivity contribution in [3.05, 3.63) is 59.4 Å². The number of fused-ring (bicyclic) bond motifs is 9. The lowest BCUT2D eigenvalue weighted by Gasteiger charge is -2.11. The summed E-state index contributed by atoms with van der Waals surface area (Å²) in [7, 11) is 0. The number of benzene rings is 1. The van der Waals surface area contributed by atoms with E-state index in [0.717, 1.165) is 29.7 Å². The number of ether oxygens (including phenoxy) is 1. The predicted octanol–water partition coefficient (Wildman–Crippen LogP) is 3.21. The summed E-state index contributed by atoms with van der Waals surface area (Å²) in [6.45, 7) is 3.78. The fourth-order valence-corrected chi connectivity index (χ4v) is 3.22. The SMILES string of the molecule is Cc1ccc2cc1COCCCCNC(=O)c1cnc(c(N)c1)-c1ccnc(n1)N2. The van der Waals surface area contributed by atoms with Crippen molar-refractivity contribution in [1.29, 1.82) is 0 Å². The molecule has 154 valence electrons. The number of carbonyl (C=O) groups is 1. The molecule has 0 atom stereocenters. The first-order chi connectivity index (χ1) is 14.6. The molecule has 0 spiro atoms. The molecule has 8 nitrogen and oxygen atoms in total. The van der Waals surface area contributed by atoms with Crippen LogP contribution in [0.5, 0.6) is 0 Å². The van der Waals surface area contributed by atoms with Crippen LogP contribution in [0.4, 0.5) is 17.3 Å². The molecule has 0 radical (unpaired) electrons. The second kappa shape index (κ2) is 8.87. The van der Waals surface area contributed by atoms with Crippen molar-refractivity contribution < 1.29 is 9.53 Å². The highest BCUT2D eigenvalue weighted by molar-refractivity contribution is 5.95. The van der Waals surface area contributed by atoms with Crippen LogP contribution < -0.4 is 16.4 Å². The number of hydrogen-bond acceptors (Lipinski definition) is 7. The quantitative estimate of drug-likeness (QED) is 0.527. The molecule has 8 heteroatoms. The summed E-state index contributed by atoms with van der Waals surface area (Å²) < 4.78 is 5.82. The van der Waals surface area contributed by atoms with E-state index in [1.54, 1.807) is 18.3 Å². The monoisotopic (exact) mass is 404 g/mol. The van der Waals surface area contributed by atoms with Crippen LogP contribution in [-0.4, -0.2) is 34.0 Å². The molecule has 1 amide bonds. The maximum absolute atomic E-state index is 12.4. The Morgan fingerprint density at radius 3 is 2.90 bits per heavy atom. The van der Waals surface area contributed by atoms with Gasteiger partial charge in [0.15, 0.2) is 0 Å². The zero-order valence-corrected chi connectivity index (χ0v) is 16.8. The number of anilines is 3. The average molecular weight is 404 g/mol. The molecule has 2 aromatic heterocycles. The minimum Gasteiger partial charge on any atom is -0.397 e. The van der Waals surface area contributed by atoms with Crippen LogP contribution in [0, 0.1) is 6.92 Å². The molecular weight excluding hydrogens is 380 g/mol. The minimum absolute atomic E-state index is 0.198. The van der Waals surface area contributed by atoms with E-state index in [0.29, 0.717) is 48.3 Å². The van der Waals surface area contributed by atoms with E-state index < -0.39 is 0 Å². The van der Waals surface area contributed by atoms with Gasteiger partial charge in [0, 0.05) is 31.2 Å². The fourth-order valence-electron chi connectivity index (χ4n) is 3.22. The maximum Gasteiger partial charge on any atom is 0.252 e. The summed E-state index contributed by atoms with van der Waals surface area (Å²) >= 11 is 0. The number of carbonyl (C=O) groups excluding carboxylic acids is 1. The van der Waals surface area contributed by atoms with E-state index in [1.165, 1.54) is 6.20 Å². The van der Waals surface area contributed by atoms with Crippen molar-refractivity contribution in [1.82, 2.24) is 20.3 Å². The summed E-state index contributed by atoms with van der Waals surface area (Å²) in [5.41, 5.74) is 11.2. The Kier molecular flexibility index (Phi) is 5.85. The lowest BCUT2D eigenvalue weighted by Crippen LogP contribution is -2.25. The smallest absolute Gasteiger partial charge is 0.252 e. The number of amides is 1. The standard InChI is InChI=1S/C22H24N6O2/c1-14-4-5-17-10-16(14)13-30-9-3-2-7-24-21(29)15-11-18(23)20(26-12-15)19-6-8-25-22(27-17)28-19/h4-6,8,10-12H,2-3,7,9,13,23H2,1H3,(H,24,29)(H,25,27,28). The molecule has 0 fully saturated rings. The summed E-state index contributed by atoms with van der Waals surface area (Å²) in [6.07, 6.45) is 4.85. The summed E-state index contributed by atoms with van der Waals surface area (Å²) in [6, 6.07) is 9.43. The summed E-state index contributed by atoms with van der Waals surface area (Å²) in [5, 5.41) is 6.13. The molecule has 0 saturated heterocycles. The number of nitrogens with zero attached hydrogens (tertiary/aromatic N) is 3. The van der Waals surface area contributed by atoms with Crippen LogP contribution in [0.2, 0.25) is 0 Å². The van der Waals surface area contributed by atoms with Crippen LogP contribution in [0.25, 0.3) is 11.4 Å². The van der Waals surface area contributed by atoms with Gasteiger partial charge in [0.2, 0.25) is 5.95 Å². The molecule has 2 aliphatic rings. The van der Waals surface area contributed by atoms with E-state index >= 15 is 0 Å². The van der Waals surface area contributed by atoms with Crippen LogP contribution in [0.15, 0.2) is 42.7 Å². The molecule has 0 unspecified atom stereocenters. The molecule has 6 bridgehead atoms. The number of pyridine rings is 1. The summed E-state index contributed by atoms with van der Waals surface area (Å²) in [5.74, 6) is 0.237. The highest BCUT2D eigenvalue weighted by atomic mass is 16.5. The molecule has 4 N–H and O–H groups in total. The Bertz CT molecular complexity index is 1070. The van der Waals surface area contributed by atoms with E-state index in [2.05, 4.69) is 32.5 Å². The first-order valence-electron chi connectivity index (χ1n) is 9.91. The zero-order valence-electron chi connectivity index (χ0n) is 16.8. The molecule has 1 aromatic carbocycles. The van der Waals surface area contributed by atoms with Crippen LogP contribution >= 0.6 is 0 Å². The van der Waals surface area contributed by atoms with Gasteiger partial charge in [0.25, 0.3) is 5.91 Å². The lowest BCUT2D eigenvalue weighted by molar-refractivity contribution is 0.0945. The van der Waals surface area contributed by atoms with Crippen molar-refractivity contribution in [3.63, 3.8) is 0 Å². The van der Waals surface area contributed by atoms with E-state index in [9.17, 15) is 4.79 Å². The number of nitrogens with two attached hydrogens (primary N) is 1. The van der Waals surface area contributed by atoms with Crippen molar-refractivity contribution >= 4 is 23.2 Å². The van der Waals surface area contributed by atoms with Gasteiger partial charge in [-0.25, -0.2) is 9.97 Å². The highest BCUT2D eigenvalue weighted by Gasteiger charge is 2.13. The van der Waals surface area contributed by atoms with Crippen molar-refractivity contribution in [2.24, 2.45) is 0 Å². The second-order valence-electron chi connectivity index (χ2n) is 7.21. The number of hydrogen-bond donors (Lipinski definition) is 3. The van der Waals surface area contributed by atoms with Gasteiger partial charge in [-0.05, 0) is 55.2 Å². The van der Waals surface area contributed by atoms with Gasteiger partial charge < -0.3 is 21.1 Å². The first-order valence-corrected chi connectivity index (χ1v) is 9.91. The third-order valence-corrected chi connectivity index (χ3v) is 4.94. The minimum atomic E-state index is -0.198. The normalized spacial score (nSPS) is 14.8. The van der Waals surface area contributed by atoms with Gasteiger partial charge in [0.1, 0.15) is 5.69 Å². The Balaban J connectivity index is 1.69. The van der Waals surface area contributed by atoms with E-state index in [-0.39, 0.29) is 5.91 Å². The Hall–Kier alpha value is -3.52. The molecule has 2 aliphatic heterocycles. The van der Waals surface area contributed by atoms with Crippen molar-refractivity contribution in [2.75, 3.05) is 24.2 Å². The molecule has 30 heavy (non-hydrogen) atoms. The van der Waals surface area contributed by atoms with E-state index in [4.69, 9.17) is 10.5 Å². The van der Waals surface area contributed by atoms with Gasteiger partial charge >= 0.3 is 0 Å². The van der Waals surface area contributed by atoms with Crippen molar-refractivity contribution in [2.45, 2.75) is 26.4 Å². The third kappa shape index (κ3) is 4.55. The van der Waals surface area contributed by atoms with Gasteiger partial charge in [0.05, 0.1) is 23.6 Å². The molecule has 4 heterocycles. The Labute approximate surface area is 174 Å². The summed E-state index contributed by atoms with van der Waals surface area (Å²) in [4.78, 5) is 25.6. The second-order valence-corrected chi connectivity index (χ2v) is 7.21. The molecule has 3 aromatic rings. The van der Waals surface area contributed by atoms with E-state index in [1.807, 2.05) is 18.2 Å². The number of nitrogen functional groups attached to an aromatic ring is 1. The van der Waals surface area contributed by atoms with Crippen LogP contribution in [0.3, 0.4) is 0 Å². The zero-order chi connectivity index (χ0) is 20.9. The molecule has 5 rings (SSSR count). The molecular formula is C22H24N6O2. The largest absolute Gasteiger partial charge is 0.397 e. The topological polar surface area (TPSA) is 115 Å². The Morgan fingerprint density at radius 1 is 1.13 bits per heavy atom. The van der Waals surface area contributed by atoms with Crippen LogP contribution in [0.1, 0.15) is 34.3 Å². The first kappa shape index (κ1) is 19.8. The average Bonchev–Trinajstić information content (AvgIpc) is 2.74. The van der Waals surface area contributed by atoms with Gasteiger partial charge in [-0.2, -0.15) is 0 Å². The predicted molar refractivity (Wildman–Crippen MR) is 115 cm³/mol. The van der Waals surface area contributed by atoms with Gasteiger partial charge in [-0.1, -0.05) is 6.07 Å². The number of aromatic nitrogens is 3. The van der Waals surface area contributed by atoms with Crippen molar-refractivity contribution in [3.8, 4) is 11.4 Å². The number of rotatable bonds is 0. The maximum atomic E-state index is 12.4. The third-order valence-electron chi connectivity index (χ3n) is 4.94. The number of aryl methyl sites for hydroxylation is 1. The molecule has 0 aliphatic carbocycles. The van der Waals surface area contributed by atoms with Gasteiger partial charge in [-0.3, -0.25) is 9.78 Å².